The summed E-state index contributed by atoms with van der Waals surface area (Å²) in [5, 5.41) is 8.80. The average Bonchev–Trinajstić information content (AvgIpc) is 2.32. The minimum atomic E-state index is -3.71. The summed E-state index contributed by atoms with van der Waals surface area (Å²) < 4.78 is 27.8. The lowest BCUT2D eigenvalue weighted by molar-refractivity contribution is 0.0904. The summed E-state index contributed by atoms with van der Waals surface area (Å²) in [6.45, 7) is 1.40. The van der Waals surface area contributed by atoms with Gasteiger partial charge in [0, 0.05) is 19.3 Å². The molecule has 0 aromatic heterocycles. The van der Waals surface area contributed by atoms with Crippen molar-refractivity contribution in [3.63, 3.8) is 0 Å². The number of nitrogens with one attached hydrogen (secondary N) is 1. The first-order valence-electron chi connectivity index (χ1n) is 5.63. The lowest BCUT2D eigenvalue weighted by Gasteiger charge is -2.24. The lowest BCUT2D eigenvalue weighted by atomic mass is 10.1. The number of primary sulfonamides is 1. The van der Waals surface area contributed by atoms with E-state index in [1.54, 1.807) is 0 Å². The zero-order valence-corrected chi connectivity index (χ0v) is 11.3. The third-order valence-corrected chi connectivity index (χ3v) is 4.09. The number of anilines is 1. The SMILES string of the molecule is NS(=O)(=O)c1ccc(Cl)c(NC2CCOCC2)c1. The van der Waals surface area contributed by atoms with Crippen molar-refractivity contribution in [3.8, 4) is 0 Å². The van der Waals surface area contributed by atoms with Gasteiger partial charge in [-0.3, -0.25) is 0 Å². The van der Waals surface area contributed by atoms with E-state index < -0.39 is 10.0 Å². The van der Waals surface area contributed by atoms with E-state index in [1.807, 2.05) is 0 Å². The lowest BCUT2D eigenvalue weighted by Crippen LogP contribution is -2.28. The molecule has 2 rings (SSSR count). The third-order valence-electron chi connectivity index (χ3n) is 2.85. The molecule has 0 spiro atoms. The van der Waals surface area contributed by atoms with Crippen molar-refractivity contribution in [2.24, 2.45) is 5.14 Å². The molecule has 1 aliphatic rings. The van der Waals surface area contributed by atoms with Crippen LogP contribution in [0.5, 0.6) is 0 Å². The Hall–Kier alpha value is -0.820. The zero-order chi connectivity index (χ0) is 13.2. The molecular weight excluding hydrogens is 276 g/mol. The highest BCUT2D eigenvalue weighted by Crippen LogP contribution is 2.26. The van der Waals surface area contributed by atoms with E-state index in [9.17, 15) is 8.42 Å². The van der Waals surface area contributed by atoms with Crippen LogP contribution < -0.4 is 10.5 Å². The van der Waals surface area contributed by atoms with Crippen molar-refractivity contribution < 1.29 is 13.2 Å². The van der Waals surface area contributed by atoms with Crippen molar-refractivity contribution in [1.29, 1.82) is 0 Å². The summed E-state index contributed by atoms with van der Waals surface area (Å²) in [6, 6.07) is 4.63. The minimum absolute atomic E-state index is 0.0569. The van der Waals surface area contributed by atoms with Crippen LogP contribution >= 0.6 is 11.6 Å². The molecule has 0 aliphatic carbocycles. The topological polar surface area (TPSA) is 81.4 Å². The van der Waals surface area contributed by atoms with Crippen LogP contribution in [0.4, 0.5) is 5.69 Å². The summed E-state index contributed by atoms with van der Waals surface area (Å²) in [7, 11) is -3.71. The van der Waals surface area contributed by atoms with Gasteiger partial charge in [0.05, 0.1) is 15.6 Å². The number of sulfonamides is 1. The van der Waals surface area contributed by atoms with E-state index >= 15 is 0 Å². The Kier molecular flexibility index (Phi) is 4.11. The van der Waals surface area contributed by atoms with Crippen LogP contribution in [0.15, 0.2) is 23.1 Å². The molecule has 0 atom stereocenters. The number of hydrogen-bond acceptors (Lipinski definition) is 4. The Morgan fingerprint density at radius 2 is 2.00 bits per heavy atom. The van der Waals surface area contributed by atoms with Crippen LogP contribution in [0.3, 0.4) is 0 Å². The van der Waals surface area contributed by atoms with Gasteiger partial charge < -0.3 is 10.1 Å². The Morgan fingerprint density at radius 1 is 1.33 bits per heavy atom. The van der Waals surface area contributed by atoms with Gasteiger partial charge in [0.25, 0.3) is 0 Å². The first-order valence-corrected chi connectivity index (χ1v) is 7.56. The Balaban J connectivity index is 2.21. The van der Waals surface area contributed by atoms with E-state index in [2.05, 4.69) is 5.32 Å². The van der Waals surface area contributed by atoms with Gasteiger partial charge in [-0.15, -0.1) is 0 Å². The van der Waals surface area contributed by atoms with Gasteiger partial charge in [0.15, 0.2) is 0 Å². The Morgan fingerprint density at radius 3 is 2.61 bits per heavy atom. The molecule has 18 heavy (non-hydrogen) atoms. The highest BCUT2D eigenvalue weighted by molar-refractivity contribution is 7.89. The zero-order valence-electron chi connectivity index (χ0n) is 9.73. The number of ether oxygens (including phenoxy) is 1. The minimum Gasteiger partial charge on any atom is -0.381 e. The van der Waals surface area contributed by atoms with E-state index in [0.717, 1.165) is 12.8 Å². The largest absolute Gasteiger partial charge is 0.381 e. The van der Waals surface area contributed by atoms with Gasteiger partial charge in [-0.05, 0) is 31.0 Å². The molecular formula is C11H15ClN2O3S. The van der Waals surface area contributed by atoms with E-state index in [-0.39, 0.29) is 10.9 Å². The predicted octanol–water partition coefficient (Wildman–Crippen LogP) is 1.58. The van der Waals surface area contributed by atoms with Crippen molar-refractivity contribution in [1.82, 2.24) is 0 Å². The van der Waals surface area contributed by atoms with Gasteiger partial charge in [-0.2, -0.15) is 0 Å². The van der Waals surface area contributed by atoms with Crippen LogP contribution in [0.1, 0.15) is 12.8 Å². The number of hydrogen-bond donors (Lipinski definition) is 2. The van der Waals surface area contributed by atoms with Crippen molar-refractivity contribution in [2.75, 3.05) is 18.5 Å². The molecule has 0 unspecified atom stereocenters. The number of benzene rings is 1. The maximum absolute atomic E-state index is 11.3. The summed E-state index contributed by atoms with van der Waals surface area (Å²) in [6.07, 6.45) is 1.74. The molecule has 0 amide bonds. The summed E-state index contributed by atoms with van der Waals surface area (Å²) in [5.41, 5.74) is 0.593. The van der Waals surface area contributed by atoms with E-state index in [1.165, 1.54) is 18.2 Å². The van der Waals surface area contributed by atoms with Crippen molar-refractivity contribution in [3.05, 3.63) is 23.2 Å². The Labute approximate surface area is 111 Å². The fourth-order valence-corrected chi connectivity index (χ4v) is 2.57. The van der Waals surface area contributed by atoms with E-state index in [0.29, 0.717) is 23.9 Å². The van der Waals surface area contributed by atoms with Crippen LogP contribution in [0.2, 0.25) is 5.02 Å². The second-order valence-corrected chi connectivity index (χ2v) is 6.19. The molecule has 1 fully saturated rings. The first-order chi connectivity index (χ1) is 8.47. The molecule has 1 aliphatic heterocycles. The third kappa shape index (κ3) is 3.35. The highest BCUT2D eigenvalue weighted by atomic mass is 35.5. The Bertz CT molecular complexity index is 527. The second-order valence-electron chi connectivity index (χ2n) is 4.22. The smallest absolute Gasteiger partial charge is 0.238 e. The van der Waals surface area contributed by atoms with Gasteiger partial charge in [0.1, 0.15) is 0 Å². The van der Waals surface area contributed by atoms with Gasteiger partial charge in [0.2, 0.25) is 10.0 Å². The summed E-state index contributed by atoms with van der Waals surface area (Å²) in [5.74, 6) is 0. The standard InChI is InChI=1S/C11H15ClN2O3S/c12-10-2-1-9(18(13,15)16)7-11(10)14-8-3-5-17-6-4-8/h1-2,7-8,14H,3-6H2,(H2,13,15,16). The maximum atomic E-state index is 11.3. The summed E-state index contributed by atoms with van der Waals surface area (Å²) >= 11 is 6.04. The predicted molar refractivity (Wildman–Crippen MR) is 70.3 cm³/mol. The fraction of sp³-hybridized carbons (Fsp3) is 0.455. The molecule has 0 saturated carbocycles. The number of halogens is 1. The van der Waals surface area contributed by atoms with Gasteiger partial charge in [-0.1, -0.05) is 11.6 Å². The van der Waals surface area contributed by atoms with Crippen LogP contribution in [0.25, 0.3) is 0 Å². The molecule has 100 valence electrons. The average molecular weight is 291 g/mol. The molecule has 3 N–H and O–H groups in total. The number of rotatable bonds is 3. The molecule has 1 heterocycles. The fourth-order valence-electron chi connectivity index (χ4n) is 1.85. The number of nitrogens with two attached hydrogens (primary N) is 1. The van der Waals surface area contributed by atoms with Crippen LogP contribution in [-0.2, 0) is 14.8 Å². The molecule has 0 bridgehead atoms. The monoisotopic (exact) mass is 290 g/mol. The second kappa shape index (κ2) is 5.44. The summed E-state index contributed by atoms with van der Waals surface area (Å²) in [4.78, 5) is 0.0569. The highest BCUT2D eigenvalue weighted by Gasteiger charge is 2.16. The molecule has 1 aromatic carbocycles. The van der Waals surface area contributed by atoms with E-state index in [4.69, 9.17) is 21.5 Å². The normalized spacial score (nSPS) is 17.7. The van der Waals surface area contributed by atoms with Crippen molar-refractivity contribution in [2.45, 2.75) is 23.8 Å². The maximum Gasteiger partial charge on any atom is 0.238 e. The quantitative estimate of drug-likeness (QED) is 0.885. The molecule has 0 radical (unpaired) electrons. The molecule has 1 aromatic rings. The van der Waals surface area contributed by atoms with Gasteiger partial charge >= 0.3 is 0 Å². The first kappa shape index (κ1) is 13.6. The van der Waals surface area contributed by atoms with Crippen molar-refractivity contribution >= 4 is 27.3 Å². The molecule has 7 heteroatoms. The van der Waals surface area contributed by atoms with Crippen LogP contribution in [-0.4, -0.2) is 27.7 Å². The molecule has 1 saturated heterocycles. The molecule has 5 nitrogen and oxygen atoms in total. The van der Waals surface area contributed by atoms with Crippen LogP contribution in [0, 0.1) is 0 Å². The van der Waals surface area contributed by atoms with Gasteiger partial charge in [-0.25, -0.2) is 13.6 Å².